The molecule has 0 amide bonds. The molecule has 0 spiro atoms. The minimum absolute atomic E-state index is 0.000471. The number of aryl methyl sites for hydroxylation is 1. The Morgan fingerprint density at radius 3 is 2.64 bits per heavy atom. The van der Waals surface area contributed by atoms with Gasteiger partial charge in [-0.3, -0.25) is 14.6 Å². The molecule has 0 atom stereocenters. The second kappa shape index (κ2) is 7.68. The summed E-state index contributed by atoms with van der Waals surface area (Å²) in [5.41, 5.74) is 2.47. The van der Waals surface area contributed by atoms with E-state index in [1.54, 1.807) is 36.5 Å². The highest BCUT2D eigenvalue weighted by molar-refractivity contribution is 7.16. The highest BCUT2D eigenvalue weighted by atomic mass is 32.1. The third-order valence-corrected chi connectivity index (χ3v) is 4.60. The van der Waals surface area contributed by atoms with E-state index in [0.29, 0.717) is 5.56 Å². The second-order valence-corrected chi connectivity index (χ2v) is 6.42. The molecule has 0 bridgehead atoms. The van der Waals surface area contributed by atoms with Crippen LogP contribution in [0, 0.1) is 6.92 Å². The van der Waals surface area contributed by atoms with E-state index < -0.39 is 0 Å². The van der Waals surface area contributed by atoms with Crippen molar-refractivity contribution < 1.29 is 14.3 Å². The van der Waals surface area contributed by atoms with Gasteiger partial charge in [-0.05, 0) is 36.8 Å². The number of nitrogens with zero attached hydrogens (tertiary/aromatic N) is 1. The first-order valence-electron chi connectivity index (χ1n) is 7.62. The quantitative estimate of drug-likeness (QED) is 0.284. The van der Waals surface area contributed by atoms with E-state index >= 15 is 0 Å². The number of allylic oxidation sites excluding steroid dienone is 1. The summed E-state index contributed by atoms with van der Waals surface area (Å²) in [7, 11) is 0. The minimum Gasteiger partial charge on any atom is -0.424 e. The summed E-state index contributed by atoms with van der Waals surface area (Å²) in [5, 5.41) is 0. The first kappa shape index (κ1) is 16.8. The molecule has 0 radical (unpaired) electrons. The molecular weight excluding hydrogens is 334 g/mol. The summed E-state index contributed by atoms with van der Waals surface area (Å²) >= 11 is 1.51. The van der Waals surface area contributed by atoms with Crippen molar-refractivity contribution in [1.82, 2.24) is 4.98 Å². The van der Waals surface area contributed by atoms with Crippen LogP contribution in [0.4, 0.5) is 0 Å². The summed E-state index contributed by atoms with van der Waals surface area (Å²) in [6, 6.07) is 16.5. The summed E-state index contributed by atoms with van der Waals surface area (Å²) in [6.07, 6.45) is 3.35. The number of Topliss-reactive ketones (excluding diaryl/α,β-unsaturated/α-hetero) is 1. The van der Waals surface area contributed by atoms with Crippen molar-refractivity contribution in [2.45, 2.75) is 6.92 Å². The van der Waals surface area contributed by atoms with Crippen molar-refractivity contribution in [3.05, 3.63) is 82.7 Å². The monoisotopic (exact) mass is 349 g/mol. The van der Waals surface area contributed by atoms with Gasteiger partial charge >= 0.3 is 0 Å². The number of rotatable bonds is 6. The van der Waals surface area contributed by atoms with Gasteiger partial charge in [-0.15, -0.1) is 11.3 Å². The SMILES string of the molecule is Cc1cc(-c2ccc(C=C(OC=O)C(=O)c3ccccc3)s2)ccn1. The molecular formula is C20H15NO3S. The lowest BCUT2D eigenvalue weighted by atomic mass is 10.1. The number of aromatic nitrogens is 1. The molecule has 0 aliphatic rings. The lowest BCUT2D eigenvalue weighted by molar-refractivity contribution is -0.124. The zero-order valence-corrected chi connectivity index (χ0v) is 14.3. The highest BCUT2D eigenvalue weighted by Crippen LogP contribution is 2.30. The van der Waals surface area contributed by atoms with Gasteiger partial charge in [0.05, 0.1) is 0 Å². The Balaban J connectivity index is 1.91. The number of hydrogen-bond donors (Lipinski definition) is 0. The topological polar surface area (TPSA) is 56.3 Å². The zero-order valence-electron chi connectivity index (χ0n) is 13.5. The maximum Gasteiger partial charge on any atom is 0.298 e. The molecule has 0 aliphatic carbocycles. The van der Waals surface area contributed by atoms with Crippen LogP contribution in [0.2, 0.25) is 0 Å². The fourth-order valence-corrected chi connectivity index (χ4v) is 3.29. The summed E-state index contributed by atoms with van der Waals surface area (Å²) in [6.45, 7) is 2.21. The summed E-state index contributed by atoms with van der Waals surface area (Å²) in [5.74, 6) is -0.331. The van der Waals surface area contributed by atoms with E-state index in [-0.39, 0.29) is 18.0 Å². The van der Waals surface area contributed by atoms with Crippen LogP contribution in [0.5, 0.6) is 0 Å². The number of carbonyl (C=O) groups excluding carboxylic acids is 2. The Morgan fingerprint density at radius 2 is 1.92 bits per heavy atom. The Kier molecular flexibility index (Phi) is 5.16. The number of ether oxygens (including phenoxy) is 1. The molecule has 124 valence electrons. The molecule has 0 N–H and O–H groups in total. The van der Waals surface area contributed by atoms with Crippen molar-refractivity contribution in [3.63, 3.8) is 0 Å². The summed E-state index contributed by atoms with van der Waals surface area (Å²) in [4.78, 5) is 29.4. The molecule has 0 fully saturated rings. The van der Waals surface area contributed by atoms with E-state index in [9.17, 15) is 9.59 Å². The fraction of sp³-hybridized carbons (Fsp3) is 0.0500. The van der Waals surface area contributed by atoms with E-state index in [2.05, 4.69) is 4.98 Å². The van der Waals surface area contributed by atoms with E-state index in [1.807, 2.05) is 37.3 Å². The number of thiophene rings is 1. The largest absolute Gasteiger partial charge is 0.424 e. The molecule has 3 rings (SSSR count). The molecule has 2 heterocycles. The maximum atomic E-state index is 12.5. The van der Waals surface area contributed by atoms with Gasteiger partial charge in [0.15, 0.2) is 5.76 Å². The van der Waals surface area contributed by atoms with Crippen LogP contribution in [0.3, 0.4) is 0 Å². The van der Waals surface area contributed by atoms with Crippen LogP contribution >= 0.6 is 11.3 Å². The standard InChI is InChI=1S/C20H15NO3S/c1-14-11-16(9-10-21-14)19-8-7-17(25-19)12-18(24-13-22)20(23)15-5-3-2-4-6-15/h2-13H,1H3. The zero-order chi connectivity index (χ0) is 17.6. The van der Waals surface area contributed by atoms with Crippen molar-refractivity contribution in [2.24, 2.45) is 0 Å². The van der Waals surface area contributed by atoms with E-state index in [4.69, 9.17) is 4.74 Å². The number of benzene rings is 1. The molecule has 0 saturated heterocycles. The minimum atomic E-state index is -0.331. The third kappa shape index (κ3) is 4.08. The van der Waals surface area contributed by atoms with Crippen molar-refractivity contribution in [3.8, 4) is 10.4 Å². The van der Waals surface area contributed by atoms with Crippen molar-refractivity contribution in [2.75, 3.05) is 0 Å². The van der Waals surface area contributed by atoms with Crippen LogP contribution in [0.25, 0.3) is 16.5 Å². The predicted octanol–water partition coefficient (Wildman–Crippen LogP) is 4.52. The Morgan fingerprint density at radius 1 is 1.12 bits per heavy atom. The van der Waals surface area contributed by atoms with Crippen LogP contribution in [-0.2, 0) is 9.53 Å². The average Bonchev–Trinajstić information content (AvgIpc) is 3.10. The van der Waals surface area contributed by atoms with Gasteiger partial charge in [-0.2, -0.15) is 0 Å². The smallest absolute Gasteiger partial charge is 0.298 e. The molecule has 0 aliphatic heterocycles. The van der Waals surface area contributed by atoms with Gasteiger partial charge in [0, 0.05) is 33.3 Å². The maximum absolute atomic E-state index is 12.5. The third-order valence-electron chi connectivity index (χ3n) is 3.52. The molecule has 25 heavy (non-hydrogen) atoms. The van der Waals surface area contributed by atoms with Crippen molar-refractivity contribution in [1.29, 1.82) is 0 Å². The van der Waals surface area contributed by atoms with Gasteiger partial charge in [-0.25, -0.2) is 0 Å². The molecule has 5 heteroatoms. The van der Waals surface area contributed by atoms with Crippen LogP contribution in [-0.4, -0.2) is 17.2 Å². The number of ketones is 1. The first-order chi connectivity index (χ1) is 12.2. The number of carbonyl (C=O) groups is 2. The Hall–Kier alpha value is -3.05. The normalized spacial score (nSPS) is 11.2. The van der Waals surface area contributed by atoms with Gasteiger partial charge in [0.1, 0.15) is 0 Å². The van der Waals surface area contributed by atoms with E-state index in [1.165, 1.54) is 11.3 Å². The summed E-state index contributed by atoms with van der Waals surface area (Å²) < 4.78 is 4.92. The van der Waals surface area contributed by atoms with Gasteiger partial charge in [0.25, 0.3) is 6.47 Å². The Labute approximate surface area is 149 Å². The van der Waals surface area contributed by atoms with Crippen LogP contribution in [0.15, 0.2) is 66.6 Å². The molecule has 3 aromatic rings. The number of hydrogen-bond acceptors (Lipinski definition) is 5. The predicted molar refractivity (Wildman–Crippen MR) is 98.2 cm³/mol. The molecule has 2 aromatic heterocycles. The van der Waals surface area contributed by atoms with Crippen molar-refractivity contribution >= 4 is 29.7 Å². The van der Waals surface area contributed by atoms with Gasteiger partial charge in [-0.1, -0.05) is 30.3 Å². The average molecular weight is 349 g/mol. The molecule has 0 saturated carbocycles. The highest BCUT2D eigenvalue weighted by Gasteiger charge is 2.14. The first-order valence-corrected chi connectivity index (χ1v) is 8.43. The molecule has 1 aromatic carbocycles. The second-order valence-electron chi connectivity index (χ2n) is 5.31. The van der Waals surface area contributed by atoms with Gasteiger partial charge < -0.3 is 4.74 Å². The lowest BCUT2D eigenvalue weighted by Gasteiger charge is -2.03. The van der Waals surface area contributed by atoms with Crippen LogP contribution < -0.4 is 0 Å². The molecule has 0 unspecified atom stereocenters. The fourth-order valence-electron chi connectivity index (χ4n) is 2.35. The Bertz CT molecular complexity index is 929. The van der Waals surface area contributed by atoms with Gasteiger partial charge in [0.2, 0.25) is 5.78 Å². The van der Waals surface area contributed by atoms with Crippen LogP contribution in [0.1, 0.15) is 20.9 Å². The van der Waals surface area contributed by atoms with E-state index in [0.717, 1.165) is 21.0 Å². The lowest BCUT2D eigenvalue weighted by Crippen LogP contribution is -2.06. The molecule has 4 nitrogen and oxygen atoms in total. The number of pyridine rings is 1.